The summed E-state index contributed by atoms with van der Waals surface area (Å²) in [4.78, 5) is 12.7. The number of rotatable bonds is 2. The van der Waals surface area contributed by atoms with Crippen molar-refractivity contribution < 1.29 is 14.3 Å². The van der Waals surface area contributed by atoms with Crippen LogP contribution in [0.15, 0.2) is 28.1 Å². The summed E-state index contributed by atoms with van der Waals surface area (Å²) in [5, 5.41) is 5.03. The van der Waals surface area contributed by atoms with Crippen molar-refractivity contribution in [1.82, 2.24) is 0 Å². The number of anilines is 1. The van der Waals surface area contributed by atoms with Crippen LogP contribution in [-0.4, -0.2) is 19.1 Å². The molecule has 1 aromatic heterocycles. The van der Waals surface area contributed by atoms with Crippen LogP contribution in [0.1, 0.15) is 9.67 Å². The number of hydrogen-bond donors (Lipinski definition) is 1. The molecule has 20 heavy (non-hydrogen) atoms. The number of thiophene rings is 1. The number of nitrogens with one attached hydrogen (secondary N) is 1. The minimum Gasteiger partial charge on any atom is -0.486 e. The average Bonchev–Trinajstić information content (AvgIpc) is 2.86. The molecule has 4 nitrogen and oxygen atoms in total. The second kappa shape index (κ2) is 5.63. The predicted octanol–water partition coefficient (Wildman–Crippen LogP) is 4.19. The molecule has 1 N–H and O–H groups in total. The van der Waals surface area contributed by atoms with E-state index < -0.39 is 0 Å². The molecule has 2 aromatic rings. The first-order valence-electron chi connectivity index (χ1n) is 5.78. The largest absolute Gasteiger partial charge is 0.486 e. The number of carbonyl (C=O) groups is 1. The number of hydrogen-bond acceptors (Lipinski definition) is 4. The first kappa shape index (κ1) is 13.7. The highest BCUT2D eigenvalue weighted by atomic mass is 79.9. The van der Waals surface area contributed by atoms with Gasteiger partial charge in [0.2, 0.25) is 0 Å². The number of ether oxygens (including phenoxy) is 2. The standard InChI is InChI=1S/C13H9BrClNO3S/c14-7-1-4-20-12(7)13(17)16-9-6-11-10(5-8(9)15)18-2-3-19-11/h1,4-6H,2-3H2,(H,16,17). The first-order chi connectivity index (χ1) is 9.65. The van der Waals surface area contributed by atoms with Crippen LogP contribution in [0.4, 0.5) is 5.69 Å². The van der Waals surface area contributed by atoms with Gasteiger partial charge >= 0.3 is 0 Å². The van der Waals surface area contributed by atoms with E-state index in [1.165, 1.54) is 11.3 Å². The van der Waals surface area contributed by atoms with Crippen molar-refractivity contribution in [2.75, 3.05) is 18.5 Å². The number of benzene rings is 1. The van der Waals surface area contributed by atoms with Crippen molar-refractivity contribution in [3.8, 4) is 11.5 Å². The molecule has 0 aliphatic carbocycles. The zero-order valence-corrected chi connectivity index (χ0v) is 13.3. The lowest BCUT2D eigenvalue weighted by atomic mass is 10.2. The van der Waals surface area contributed by atoms with Crippen LogP contribution >= 0.6 is 38.9 Å². The van der Waals surface area contributed by atoms with Gasteiger partial charge in [0.1, 0.15) is 18.1 Å². The summed E-state index contributed by atoms with van der Waals surface area (Å²) < 4.78 is 11.7. The third-order valence-corrected chi connectivity index (χ3v) is 4.85. The Morgan fingerprint density at radius 2 is 2.00 bits per heavy atom. The Balaban J connectivity index is 1.87. The van der Waals surface area contributed by atoms with Gasteiger partial charge in [0.05, 0.1) is 10.7 Å². The first-order valence-corrected chi connectivity index (χ1v) is 7.83. The minimum atomic E-state index is -0.217. The molecule has 3 rings (SSSR count). The van der Waals surface area contributed by atoms with Crippen LogP contribution in [-0.2, 0) is 0 Å². The second-order valence-corrected chi connectivity index (χ2v) is 6.21. The van der Waals surface area contributed by atoms with E-state index in [4.69, 9.17) is 21.1 Å². The maximum atomic E-state index is 12.2. The maximum absolute atomic E-state index is 12.2. The topological polar surface area (TPSA) is 47.6 Å². The second-order valence-electron chi connectivity index (χ2n) is 4.03. The Bertz CT molecular complexity index is 674. The van der Waals surface area contributed by atoms with Crippen molar-refractivity contribution in [1.29, 1.82) is 0 Å². The Hall–Kier alpha value is -1.24. The summed E-state index contributed by atoms with van der Waals surface area (Å²) in [7, 11) is 0. The van der Waals surface area contributed by atoms with E-state index in [1.54, 1.807) is 12.1 Å². The van der Waals surface area contributed by atoms with E-state index >= 15 is 0 Å². The Morgan fingerprint density at radius 1 is 1.30 bits per heavy atom. The normalized spacial score (nSPS) is 13.1. The molecule has 2 heterocycles. The fourth-order valence-corrected chi connectivity index (χ4v) is 3.44. The molecule has 1 aromatic carbocycles. The smallest absolute Gasteiger partial charge is 0.266 e. The van der Waals surface area contributed by atoms with Crippen LogP contribution in [0.2, 0.25) is 5.02 Å². The molecular formula is C13H9BrClNO3S. The van der Waals surface area contributed by atoms with Gasteiger partial charge in [-0.3, -0.25) is 4.79 Å². The average molecular weight is 375 g/mol. The van der Waals surface area contributed by atoms with E-state index in [9.17, 15) is 4.79 Å². The van der Waals surface area contributed by atoms with Gasteiger partial charge in [-0.1, -0.05) is 11.6 Å². The molecule has 104 valence electrons. The number of carbonyl (C=O) groups excluding carboxylic acids is 1. The molecule has 7 heteroatoms. The highest BCUT2D eigenvalue weighted by Crippen LogP contribution is 2.38. The Kier molecular flexibility index (Phi) is 3.87. The van der Waals surface area contributed by atoms with Gasteiger partial charge in [-0.2, -0.15) is 0 Å². The molecule has 0 atom stereocenters. The van der Waals surface area contributed by atoms with E-state index in [0.717, 1.165) is 4.47 Å². The monoisotopic (exact) mass is 373 g/mol. The highest BCUT2D eigenvalue weighted by molar-refractivity contribution is 9.10. The minimum absolute atomic E-state index is 0.217. The SMILES string of the molecule is O=C(Nc1cc2c(cc1Cl)OCCO2)c1sccc1Br. The van der Waals surface area contributed by atoms with Crippen LogP contribution in [0.25, 0.3) is 0 Å². The van der Waals surface area contributed by atoms with Gasteiger partial charge in [-0.05, 0) is 27.4 Å². The lowest BCUT2D eigenvalue weighted by Crippen LogP contribution is -2.16. The number of halogens is 2. The predicted molar refractivity (Wildman–Crippen MR) is 82.4 cm³/mol. The van der Waals surface area contributed by atoms with Crippen molar-refractivity contribution in [2.24, 2.45) is 0 Å². The lowest BCUT2D eigenvalue weighted by Gasteiger charge is -2.19. The summed E-state index contributed by atoms with van der Waals surface area (Å²) in [6, 6.07) is 5.15. The van der Waals surface area contributed by atoms with Gasteiger partial charge in [0.15, 0.2) is 11.5 Å². The third-order valence-electron chi connectivity index (χ3n) is 2.70. The van der Waals surface area contributed by atoms with Gasteiger partial charge in [0, 0.05) is 16.6 Å². The molecule has 0 bridgehead atoms. The molecule has 0 spiro atoms. The number of amides is 1. The molecule has 1 aliphatic rings. The Morgan fingerprint density at radius 3 is 2.65 bits per heavy atom. The molecular weight excluding hydrogens is 366 g/mol. The van der Waals surface area contributed by atoms with Crippen LogP contribution in [0.3, 0.4) is 0 Å². The molecule has 1 aliphatic heterocycles. The van der Waals surface area contributed by atoms with E-state index in [0.29, 0.717) is 40.3 Å². The van der Waals surface area contributed by atoms with E-state index in [2.05, 4.69) is 21.2 Å². The van der Waals surface area contributed by atoms with Crippen molar-refractivity contribution in [3.63, 3.8) is 0 Å². The van der Waals surface area contributed by atoms with Crippen molar-refractivity contribution in [3.05, 3.63) is 38.0 Å². The zero-order valence-electron chi connectivity index (χ0n) is 10.1. The molecule has 0 fully saturated rings. The van der Waals surface area contributed by atoms with Gasteiger partial charge in [-0.15, -0.1) is 11.3 Å². The lowest BCUT2D eigenvalue weighted by molar-refractivity contribution is 0.103. The Labute approximate surface area is 132 Å². The van der Waals surface area contributed by atoms with Gasteiger partial charge in [0.25, 0.3) is 5.91 Å². The summed E-state index contributed by atoms with van der Waals surface area (Å²) in [6.07, 6.45) is 0. The van der Waals surface area contributed by atoms with E-state index in [1.807, 2.05) is 11.4 Å². The van der Waals surface area contributed by atoms with Crippen LogP contribution < -0.4 is 14.8 Å². The van der Waals surface area contributed by atoms with E-state index in [-0.39, 0.29) is 5.91 Å². The maximum Gasteiger partial charge on any atom is 0.266 e. The van der Waals surface area contributed by atoms with Crippen LogP contribution in [0, 0.1) is 0 Å². The summed E-state index contributed by atoms with van der Waals surface area (Å²) in [6.45, 7) is 0.982. The van der Waals surface area contributed by atoms with Crippen LogP contribution in [0.5, 0.6) is 11.5 Å². The zero-order chi connectivity index (χ0) is 14.1. The fourth-order valence-electron chi connectivity index (χ4n) is 1.79. The molecule has 0 radical (unpaired) electrons. The fraction of sp³-hybridized carbons (Fsp3) is 0.154. The summed E-state index contributed by atoms with van der Waals surface area (Å²) in [5.41, 5.74) is 0.501. The third kappa shape index (κ3) is 2.63. The number of fused-ring (bicyclic) bond motifs is 1. The molecule has 0 saturated carbocycles. The van der Waals surface area contributed by atoms with Crippen molar-refractivity contribution >= 4 is 50.5 Å². The quantitative estimate of drug-likeness (QED) is 0.857. The summed E-state index contributed by atoms with van der Waals surface area (Å²) >= 11 is 10.8. The van der Waals surface area contributed by atoms with Gasteiger partial charge in [-0.25, -0.2) is 0 Å². The molecule has 1 amide bonds. The van der Waals surface area contributed by atoms with Crippen molar-refractivity contribution in [2.45, 2.75) is 0 Å². The molecule has 0 saturated heterocycles. The van der Waals surface area contributed by atoms with Gasteiger partial charge < -0.3 is 14.8 Å². The molecule has 0 unspecified atom stereocenters. The highest BCUT2D eigenvalue weighted by Gasteiger charge is 2.18. The summed E-state index contributed by atoms with van der Waals surface area (Å²) in [5.74, 6) is 0.961.